The number of hydrogen-bond donors (Lipinski definition) is 1. The van der Waals surface area contributed by atoms with E-state index in [0.717, 1.165) is 0 Å². The molecule has 0 aliphatic rings. The van der Waals surface area contributed by atoms with Gasteiger partial charge >= 0.3 is 6.18 Å². The minimum absolute atomic E-state index is 0.139. The molecular weight excluding hydrogens is 209 g/mol. The quantitative estimate of drug-likeness (QED) is 0.834. The number of imidazole rings is 1. The maximum Gasteiger partial charge on any atom is 0.422 e. The summed E-state index contributed by atoms with van der Waals surface area (Å²) in [4.78, 5) is 6.49. The van der Waals surface area contributed by atoms with Crippen molar-refractivity contribution in [3.63, 3.8) is 0 Å². The van der Waals surface area contributed by atoms with Crippen LogP contribution in [-0.2, 0) is 0 Å². The number of fused-ring (bicyclic) bond motifs is 1. The monoisotopic (exact) mass is 215 g/mol. The van der Waals surface area contributed by atoms with Crippen molar-refractivity contribution in [3.05, 3.63) is 24.5 Å². The largest absolute Gasteiger partial charge is 0.484 e. The maximum absolute atomic E-state index is 11.8. The molecule has 0 saturated heterocycles. The van der Waals surface area contributed by atoms with E-state index in [9.17, 15) is 13.2 Å². The molecular formula is C9H6F3N2O. The molecule has 1 radical (unpaired) electrons. The van der Waals surface area contributed by atoms with E-state index in [1.165, 1.54) is 12.1 Å². The fourth-order valence-electron chi connectivity index (χ4n) is 1.11. The van der Waals surface area contributed by atoms with Gasteiger partial charge in [0, 0.05) is 6.07 Å². The summed E-state index contributed by atoms with van der Waals surface area (Å²) >= 11 is 0. The fourth-order valence-corrected chi connectivity index (χ4v) is 1.11. The number of aromatic amines is 1. The number of nitrogens with one attached hydrogen (secondary N) is 1. The third-order valence-electron chi connectivity index (χ3n) is 1.74. The zero-order chi connectivity index (χ0) is 10.9. The van der Waals surface area contributed by atoms with E-state index in [2.05, 4.69) is 21.0 Å². The zero-order valence-corrected chi connectivity index (χ0v) is 7.43. The Morgan fingerprint density at radius 2 is 2.20 bits per heavy atom. The lowest BCUT2D eigenvalue weighted by Gasteiger charge is -2.08. The van der Waals surface area contributed by atoms with Crippen molar-refractivity contribution in [2.75, 3.05) is 6.61 Å². The highest BCUT2D eigenvalue weighted by atomic mass is 19.4. The standard InChI is InChI=1S/C9H6F3N2O/c10-9(11,12)4-15-6-1-2-7-8(3-6)14-5-13-7/h1-3H,4H2,(H,13,14). The highest BCUT2D eigenvalue weighted by Gasteiger charge is 2.28. The van der Waals surface area contributed by atoms with Crippen molar-refractivity contribution in [1.82, 2.24) is 9.97 Å². The van der Waals surface area contributed by atoms with Crippen molar-refractivity contribution >= 4 is 11.0 Å². The molecule has 0 aliphatic carbocycles. The Balaban J connectivity index is 2.15. The first kappa shape index (κ1) is 9.82. The lowest BCUT2D eigenvalue weighted by Crippen LogP contribution is -2.19. The molecule has 1 aromatic heterocycles. The lowest BCUT2D eigenvalue weighted by molar-refractivity contribution is -0.153. The zero-order valence-electron chi connectivity index (χ0n) is 7.43. The fraction of sp³-hybridized carbons (Fsp3) is 0.222. The van der Waals surface area contributed by atoms with Crippen LogP contribution in [0.4, 0.5) is 13.2 Å². The first-order chi connectivity index (χ1) is 7.04. The Hall–Kier alpha value is -1.72. The maximum atomic E-state index is 11.8. The summed E-state index contributed by atoms with van der Waals surface area (Å²) in [5, 5.41) is 0. The van der Waals surface area contributed by atoms with Gasteiger partial charge in [-0.1, -0.05) is 0 Å². The number of H-pyrrole nitrogens is 1. The second-order valence-corrected chi connectivity index (χ2v) is 2.93. The Morgan fingerprint density at radius 3 is 2.93 bits per heavy atom. The number of benzene rings is 1. The lowest BCUT2D eigenvalue weighted by atomic mass is 10.3. The third-order valence-corrected chi connectivity index (χ3v) is 1.74. The summed E-state index contributed by atoms with van der Waals surface area (Å²) in [6.45, 7) is -1.30. The van der Waals surface area contributed by atoms with Gasteiger partial charge in [0.05, 0.1) is 11.0 Å². The van der Waals surface area contributed by atoms with Crippen LogP contribution in [0.1, 0.15) is 0 Å². The molecule has 0 unspecified atom stereocenters. The second-order valence-electron chi connectivity index (χ2n) is 2.93. The van der Waals surface area contributed by atoms with E-state index in [0.29, 0.717) is 11.0 Å². The highest BCUT2D eigenvalue weighted by molar-refractivity contribution is 5.75. The van der Waals surface area contributed by atoms with Crippen molar-refractivity contribution in [1.29, 1.82) is 0 Å². The van der Waals surface area contributed by atoms with Crippen LogP contribution in [0.5, 0.6) is 5.75 Å². The van der Waals surface area contributed by atoms with Crippen LogP contribution in [0.2, 0.25) is 0 Å². The molecule has 0 amide bonds. The smallest absolute Gasteiger partial charge is 0.422 e. The number of ether oxygens (including phenoxy) is 1. The van der Waals surface area contributed by atoms with Crippen molar-refractivity contribution in [3.8, 4) is 5.75 Å². The van der Waals surface area contributed by atoms with Gasteiger partial charge in [0.15, 0.2) is 12.9 Å². The molecule has 79 valence electrons. The van der Waals surface area contributed by atoms with Crippen LogP contribution >= 0.6 is 0 Å². The molecule has 1 heterocycles. The minimum atomic E-state index is -4.33. The Morgan fingerprint density at radius 1 is 1.40 bits per heavy atom. The van der Waals surface area contributed by atoms with Crippen molar-refractivity contribution in [2.45, 2.75) is 6.18 Å². The Kier molecular flexibility index (Phi) is 2.26. The van der Waals surface area contributed by atoms with E-state index in [-0.39, 0.29) is 5.75 Å². The number of rotatable bonds is 2. The van der Waals surface area contributed by atoms with Gasteiger partial charge in [-0.2, -0.15) is 13.2 Å². The molecule has 0 atom stereocenters. The molecule has 2 rings (SSSR count). The minimum Gasteiger partial charge on any atom is -0.484 e. The average molecular weight is 215 g/mol. The molecule has 0 saturated carbocycles. The molecule has 0 bridgehead atoms. The number of alkyl halides is 3. The molecule has 1 N–H and O–H groups in total. The van der Waals surface area contributed by atoms with Gasteiger partial charge in [0.2, 0.25) is 0 Å². The van der Waals surface area contributed by atoms with Crippen LogP contribution in [0.25, 0.3) is 11.0 Å². The number of hydrogen-bond acceptors (Lipinski definition) is 2. The van der Waals surface area contributed by atoms with Crippen molar-refractivity contribution in [2.24, 2.45) is 0 Å². The van der Waals surface area contributed by atoms with Gasteiger partial charge in [-0.3, -0.25) is 0 Å². The predicted octanol–water partition coefficient (Wildman–Crippen LogP) is 2.30. The summed E-state index contributed by atoms with van der Waals surface area (Å²) < 4.78 is 40.1. The first-order valence-electron chi connectivity index (χ1n) is 4.10. The highest BCUT2D eigenvalue weighted by Crippen LogP contribution is 2.21. The van der Waals surface area contributed by atoms with E-state index in [1.807, 2.05) is 0 Å². The van der Waals surface area contributed by atoms with E-state index in [1.54, 1.807) is 6.07 Å². The predicted molar refractivity (Wildman–Crippen MR) is 46.5 cm³/mol. The summed E-state index contributed by atoms with van der Waals surface area (Å²) in [5.74, 6) is 0.139. The van der Waals surface area contributed by atoms with Crippen LogP contribution in [-0.4, -0.2) is 22.8 Å². The summed E-state index contributed by atoms with van der Waals surface area (Å²) in [5.41, 5.74) is 1.23. The average Bonchev–Trinajstić information content (AvgIpc) is 2.60. The van der Waals surface area contributed by atoms with Crippen LogP contribution in [0.3, 0.4) is 0 Å². The molecule has 0 spiro atoms. The summed E-state index contributed by atoms with van der Waals surface area (Å²) in [6.07, 6.45) is -1.84. The Bertz CT molecular complexity index is 464. The Labute approximate surface area is 82.9 Å². The van der Waals surface area contributed by atoms with Gasteiger partial charge in [0.1, 0.15) is 5.75 Å². The summed E-state index contributed by atoms with van der Waals surface area (Å²) in [6, 6.07) is 4.46. The summed E-state index contributed by atoms with van der Waals surface area (Å²) in [7, 11) is 0. The number of nitrogens with zero attached hydrogens (tertiary/aromatic N) is 1. The van der Waals surface area contributed by atoms with Gasteiger partial charge in [-0.15, -0.1) is 0 Å². The van der Waals surface area contributed by atoms with E-state index < -0.39 is 12.8 Å². The normalized spacial score (nSPS) is 11.9. The molecule has 6 heteroatoms. The van der Waals surface area contributed by atoms with Crippen molar-refractivity contribution < 1.29 is 17.9 Å². The topological polar surface area (TPSA) is 37.9 Å². The third kappa shape index (κ3) is 2.39. The van der Waals surface area contributed by atoms with Gasteiger partial charge in [0.25, 0.3) is 0 Å². The first-order valence-corrected chi connectivity index (χ1v) is 4.10. The SMILES string of the molecule is FC(F)(F)COc1ccc2[nH][c]nc2c1. The number of halogens is 3. The van der Waals surface area contributed by atoms with Gasteiger partial charge in [-0.25, -0.2) is 4.98 Å². The molecule has 3 nitrogen and oxygen atoms in total. The number of aromatic nitrogens is 2. The van der Waals surface area contributed by atoms with E-state index >= 15 is 0 Å². The van der Waals surface area contributed by atoms with Crippen LogP contribution in [0, 0.1) is 6.33 Å². The molecule has 1 aromatic carbocycles. The molecule has 0 fully saturated rings. The molecule has 2 aromatic rings. The van der Waals surface area contributed by atoms with E-state index in [4.69, 9.17) is 0 Å². The van der Waals surface area contributed by atoms with Gasteiger partial charge in [-0.05, 0) is 12.1 Å². The molecule has 0 aliphatic heterocycles. The van der Waals surface area contributed by atoms with Crippen LogP contribution in [0.15, 0.2) is 18.2 Å². The molecule has 15 heavy (non-hydrogen) atoms. The van der Waals surface area contributed by atoms with Gasteiger partial charge < -0.3 is 9.72 Å². The second kappa shape index (κ2) is 3.45. The van der Waals surface area contributed by atoms with Crippen LogP contribution < -0.4 is 4.74 Å².